The van der Waals surface area contributed by atoms with Gasteiger partial charge in [-0.05, 0) is 64.2 Å². The third-order valence-corrected chi connectivity index (χ3v) is 11.1. The zero-order valence-corrected chi connectivity index (χ0v) is 37.9. The van der Waals surface area contributed by atoms with Gasteiger partial charge in [-0.1, -0.05) is 189 Å². The van der Waals surface area contributed by atoms with Crippen LogP contribution in [0.25, 0.3) is 0 Å². The standard InChI is InChI=1S/C51H89NO8/c1-3-5-7-9-11-13-15-17-18-19-20-21-22-23-24-25-26-27-28-29-31-33-35-37-39-41-47(55)52-44(43-59-51-50(58)49(57)48(56)46(42-53)60-51)45(54)40-38-36-34-32-30-16-14-12-10-8-6-4-2/h5,7,11,13,17-18,20-21,23-24,26-27,44-46,48-51,53-54,56-58H,3-4,6,8-10,12,14-16,19,22,25,28-43H2,1-2H3,(H,52,55)/b7-5-,13-11-,18-17-,21-20-,24-23-,27-26-. The van der Waals surface area contributed by atoms with Gasteiger partial charge in [0.25, 0.3) is 0 Å². The molecule has 9 heteroatoms. The Bertz CT molecular complexity index is 1160. The number of carbonyl (C=O) groups is 1. The molecule has 346 valence electrons. The lowest BCUT2D eigenvalue weighted by Crippen LogP contribution is -2.60. The molecule has 60 heavy (non-hydrogen) atoms. The molecule has 1 fully saturated rings. The number of rotatable bonds is 39. The Hall–Kier alpha value is -2.37. The predicted molar refractivity (Wildman–Crippen MR) is 249 cm³/mol. The summed E-state index contributed by atoms with van der Waals surface area (Å²) in [5.74, 6) is -0.163. The smallest absolute Gasteiger partial charge is 0.220 e. The zero-order valence-electron chi connectivity index (χ0n) is 37.9. The molecule has 0 spiro atoms. The van der Waals surface area contributed by atoms with Crippen molar-refractivity contribution in [2.75, 3.05) is 13.2 Å². The second kappa shape index (κ2) is 40.7. The number of amides is 1. The summed E-state index contributed by atoms with van der Waals surface area (Å²) in [6.07, 6.45) is 47.6. The summed E-state index contributed by atoms with van der Waals surface area (Å²) in [6, 6.07) is -0.730. The van der Waals surface area contributed by atoms with E-state index in [2.05, 4.69) is 92.1 Å². The summed E-state index contributed by atoms with van der Waals surface area (Å²) in [5.41, 5.74) is 0. The van der Waals surface area contributed by atoms with Crippen LogP contribution >= 0.6 is 0 Å². The van der Waals surface area contributed by atoms with Crippen molar-refractivity contribution in [3.8, 4) is 0 Å². The molecule has 1 heterocycles. The Morgan fingerprint density at radius 2 is 1.03 bits per heavy atom. The highest BCUT2D eigenvalue weighted by molar-refractivity contribution is 5.76. The van der Waals surface area contributed by atoms with E-state index in [1.807, 2.05) is 0 Å². The lowest BCUT2D eigenvalue weighted by atomic mass is 9.99. The third-order valence-electron chi connectivity index (χ3n) is 11.1. The van der Waals surface area contributed by atoms with Crippen molar-refractivity contribution in [2.24, 2.45) is 0 Å². The van der Waals surface area contributed by atoms with Crippen LogP contribution in [0, 0.1) is 0 Å². The van der Waals surface area contributed by atoms with Gasteiger partial charge in [0.15, 0.2) is 6.29 Å². The Balaban J connectivity index is 2.29. The van der Waals surface area contributed by atoms with Gasteiger partial charge >= 0.3 is 0 Å². The largest absolute Gasteiger partial charge is 0.394 e. The average Bonchev–Trinajstić information content (AvgIpc) is 3.25. The summed E-state index contributed by atoms with van der Waals surface area (Å²) >= 11 is 0. The fourth-order valence-electron chi connectivity index (χ4n) is 7.22. The molecule has 0 saturated carbocycles. The van der Waals surface area contributed by atoms with Gasteiger partial charge in [-0.3, -0.25) is 4.79 Å². The molecule has 6 N–H and O–H groups in total. The first kappa shape index (κ1) is 55.6. The van der Waals surface area contributed by atoms with Crippen LogP contribution in [0.1, 0.15) is 187 Å². The number of aliphatic hydroxyl groups excluding tert-OH is 5. The molecule has 1 aliphatic heterocycles. The number of nitrogens with one attached hydrogen (secondary N) is 1. The van der Waals surface area contributed by atoms with Gasteiger partial charge in [-0.2, -0.15) is 0 Å². The van der Waals surface area contributed by atoms with Crippen molar-refractivity contribution in [3.63, 3.8) is 0 Å². The quantitative estimate of drug-likeness (QED) is 0.0265. The van der Waals surface area contributed by atoms with Crippen LogP contribution in [0.3, 0.4) is 0 Å². The number of hydrogen-bond donors (Lipinski definition) is 6. The van der Waals surface area contributed by atoms with E-state index in [-0.39, 0.29) is 12.5 Å². The minimum Gasteiger partial charge on any atom is -0.394 e. The number of ether oxygens (including phenoxy) is 2. The lowest BCUT2D eigenvalue weighted by molar-refractivity contribution is -0.302. The summed E-state index contributed by atoms with van der Waals surface area (Å²) in [7, 11) is 0. The molecular formula is C51H89NO8. The Labute approximate surface area is 366 Å². The molecule has 1 aliphatic rings. The van der Waals surface area contributed by atoms with Crippen molar-refractivity contribution in [2.45, 2.75) is 230 Å². The van der Waals surface area contributed by atoms with Gasteiger partial charge in [0.1, 0.15) is 24.4 Å². The molecule has 1 rings (SSSR count). The van der Waals surface area contributed by atoms with E-state index in [0.717, 1.165) is 96.3 Å². The molecule has 0 aromatic rings. The second-order valence-corrected chi connectivity index (χ2v) is 16.5. The number of aliphatic hydroxyl groups is 5. The maximum Gasteiger partial charge on any atom is 0.220 e. The normalized spacial score (nSPS) is 21.2. The predicted octanol–water partition coefficient (Wildman–Crippen LogP) is 10.6. The fraction of sp³-hybridized carbons (Fsp3) is 0.745. The molecule has 7 atom stereocenters. The first-order chi connectivity index (χ1) is 29.3. The van der Waals surface area contributed by atoms with Crippen LogP contribution < -0.4 is 5.32 Å². The highest BCUT2D eigenvalue weighted by Gasteiger charge is 2.44. The van der Waals surface area contributed by atoms with E-state index in [0.29, 0.717) is 12.8 Å². The summed E-state index contributed by atoms with van der Waals surface area (Å²) in [5, 5.41) is 54.3. The molecule has 0 aromatic carbocycles. The van der Waals surface area contributed by atoms with E-state index in [4.69, 9.17) is 9.47 Å². The Morgan fingerprint density at radius 3 is 1.53 bits per heavy atom. The highest BCUT2D eigenvalue weighted by atomic mass is 16.7. The molecule has 1 saturated heterocycles. The van der Waals surface area contributed by atoms with E-state index < -0.39 is 49.5 Å². The number of allylic oxidation sites excluding steroid dienone is 12. The molecule has 0 bridgehead atoms. The summed E-state index contributed by atoms with van der Waals surface area (Å²) in [6.45, 7) is 3.69. The second-order valence-electron chi connectivity index (χ2n) is 16.5. The van der Waals surface area contributed by atoms with Gasteiger partial charge in [0, 0.05) is 6.42 Å². The molecular weight excluding hydrogens is 755 g/mol. The molecule has 0 aliphatic carbocycles. The molecule has 7 unspecified atom stereocenters. The maximum atomic E-state index is 13.0. The van der Waals surface area contributed by atoms with Crippen LogP contribution in [-0.4, -0.2) is 87.5 Å². The third kappa shape index (κ3) is 30.6. The van der Waals surface area contributed by atoms with Crippen molar-refractivity contribution >= 4 is 5.91 Å². The minimum atomic E-state index is -1.56. The monoisotopic (exact) mass is 844 g/mol. The zero-order chi connectivity index (χ0) is 43.7. The van der Waals surface area contributed by atoms with Crippen LogP contribution in [0.5, 0.6) is 0 Å². The van der Waals surface area contributed by atoms with Crippen molar-refractivity contribution in [3.05, 3.63) is 72.9 Å². The van der Waals surface area contributed by atoms with E-state index >= 15 is 0 Å². The minimum absolute atomic E-state index is 0.148. The van der Waals surface area contributed by atoms with Crippen LogP contribution in [-0.2, 0) is 14.3 Å². The van der Waals surface area contributed by atoms with Gasteiger partial charge in [0.05, 0.1) is 25.4 Å². The average molecular weight is 844 g/mol. The van der Waals surface area contributed by atoms with Gasteiger partial charge in [0.2, 0.25) is 5.91 Å². The van der Waals surface area contributed by atoms with Gasteiger partial charge < -0.3 is 40.3 Å². The fourth-order valence-corrected chi connectivity index (χ4v) is 7.22. The number of hydrogen-bond acceptors (Lipinski definition) is 8. The Morgan fingerprint density at radius 1 is 0.583 bits per heavy atom. The van der Waals surface area contributed by atoms with Gasteiger partial charge in [-0.15, -0.1) is 0 Å². The Kier molecular flexibility index (Phi) is 37.7. The first-order valence-corrected chi connectivity index (χ1v) is 24.1. The van der Waals surface area contributed by atoms with Crippen molar-refractivity contribution in [1.82, 2.24) is 5.32 Å². The van der Waals surface area contributed by atoms with Crippen LogP contribution in [0.15, 0.2) is 72.9 Å². The van der Waals surface area contributed by atoms with E-state index in [1.165, 1.54) is 64.2 Å². The van der Waals surface area contributed by atoms with Crippen LogP contribution in [0.4, 0.5) is 0 Å². The van der Waals surface area contributed by atoms with Crippen molar-refractivity contribution < 1.29 is 39.8 Å². The SMILES string of the molecule is CC/C=C\C/C=C\C/C=C\C/C=C\C/C=C\C/C=C\CCCCCCCCC(=O)NC(COC1OC(CO)C(O)C(O)C1O)C(O)CCCCCCCCCCCCCC. The summed E-state index contributed by atoms with van der Waals surface area (Å²) < 4.78 is 11.2. The topological polar surface area (TPSA) is 149 Å². The maximum absolute atomic E-state index is 13.0. The summed E-state index contributed by atoms with van der Waals surface area (Å²) in [4.78, 5) is 13.0. The molecule has 9 nitrogen and oxygen atoms in total. The lowest BCUT2D eigenvalue weighted by Gasteiger charge is -2.40. The molecule has 0 aromatic heterocycles. The number of unbranched alkanes of at least 4 members (excludes halogenated alkanes) is 17. The van der Waals surface area contributed by atoms with Gasteiger partial charge in [-0.25, -0.2) is 0 Å². The molecule has 0 radical (unpaired) electrons. The van der Waals surface area contributed by atoms with Crippen LogP contribution in [0.2, 0.25) is 0 Å². The van der Waals surface area contributed by atoms with E-state index in [9.17, 15) is 30.3 Å². The molecule has 1 amide bonds. The number of carbonyl (C=O) groups excluding carboxylic acids is 1. The van der Waals surface area contributed by atoms with Crippen molar-refractivity contribution in [1.29, 1.82) is 0 Å². The highest BCUT2D eigenvalue weighted by Crippen LogP contribution is 2.23. The van der Waals surface area contributed by atoms with E-state index in [1.54, 1.807) is 0 Å². The first-order valence-electron chi connectivity index (χ1n) is 24.1.